The van der Waals surface area contributed by atoms with Gasteiger partial charge >= 0.3 is 0 Å². The van der Waals surface area contributed by atoms with Gasteiger partial charge < -0.3 is 26.2 Å². The van der Waals surface area contributed by atoms with Gasteiger partial charge in [0.05, 0.1) is 22.6 Å². The zero-order valence-corrected chi connectivity index (χ0v) is 35.5. The third-order valence-corrected chi connectivity index (χ3v) is 11.8. The molecule has 4 aromatic rings. The Labute approximate surface area is 357 Å². The van der Waals surface area contributed by atoms with Crippen molar-refractivity contribution in [2.45, 2.75) is 63.4 Å². The molecule has 2 saturated heterocycles. The number of carbonyl (C=O) groups is 5. The molecule has 2 atom stereocenters. The average Bonchev–Trinajstić information content (AvgIpc) is 3.48. The van der Waals surface area contributed by atoms with Gasteiger partial charge in [-0.1, -0.05) is 12.1 Å². The van der Waals surface area contributed by atoms with Crippen molar-refractivity contribution in [2.24, 2.45) is 0 Å². The third kappa shape index (κ3) is 10.6. The number of nitrogens with one attached hydrogen (secondary N) is 6. The molecular weight excluding hydrogens is 799 g/mol. The first-order chi connectivity index (χ1) is 29.2. The maximum atomic E-state index is 13.3. The van der Waals surface area contributed by atoms with E-state index in [0.717, 1.165) is 53.7 Å². The van der Waals surface area contributed by atoms with Gasteiger partial charge in [0, 0.05) is 85.7 Å². The van der Waals surface area contributed by atoms with Gasteiger partial charge in [0.25, 0.3) is 11.8 Å². The number of imide groups is 2. The zero-order valence-electron chi connectivity index (χ0n) is 34.7. The summed E-state index contributed by atoms with van der Waals surface area (Å²) < 4.78 is 15.9. The second-order valence-corrected chi connectivity index (χ2v) is 17.5. The van der Waals surface area contributed by atoms with Crippen molar-refractivity contribution in [3.63, 3.8) is 0 Å². The molecule has 7 rings (SSSR count). The number of aromatic nitrogens is 2. The van der Waals surface area contributed by atoms with Crippen molar-refractivity contribution >= 4 is 75.0 Å². The molecule has 0 bridgehead atoms. The second-order valence-electron chi connectivity index (χ2n) is 16.2. The summed E-state index contributed by atoms with van der Waals surface area (Å²) in [6.45, 7) is 12.0. The van der Waals surface area contributed by atoms with E-state index in [4.69, 9.17) is 4.98 Å². The van der Waals surface area contributed by atoms with E-state index in [1.165, 1.54) is 0 Å². The number of aryl methyl sites for hydroxylation is 1. The second kappa shape index (κ2) is 18.6. The van der Waals surface area contributed by atoms with Crippen molar-refractivity contribution in [3.8, 4) is 0 Å². The molecule has 18 heteroatoms. The number of fused-ring (bicyclic) bond motifs is 1. The van der Waals surface area contributed by atoms with E-state index < -0.39 is 40.7 Å². The van der Waals surface area contributed by atoms with Crippen molar-refractivity contribution in [2.75, 3.05) is 66.7 Å². The molecule has 4 heterocycles. The fraction of sp³-hybridized carbons (Fsp3) is 0.372. The lowest BCUT2D eigenvalue weighted by molar-refractivity contribution is -0.136. The Bertz CT molecular complexity index is 2340. The summed E-state index contributed by atoms with van der Waals surface area (Å²) in [6.07, 6.45) is 2.48. The molecule has 2 unspecified atom stereocenters. The van der Waals surface area contributed by atoms with Gasteiger partial charge in [0.15, 0.2) is 0 Å². The maximum Gasteiger partial charge on any atom is 0.264 e. The molecule has 0 spiro atoms. The molecule has 0 aliphatic carbocycles. The summed E-state index contributed by atoms with van der Waals surface area (Å²) in [5, 5.41) is 15.0. The van der Waals surface area contributed by atoms with E-state index in [-0.39, 0.29) is 42.0 Å². The summed E-state index contributed by atoms with van der Waals surface area (Å²) in [7, 11) is -1.36. The molecule has 0 saturated carbocycles. The van der Waals surface area contributed by atoms with Crippen LogP contribution in [0.1, 0.15) is 66.3 Å². The minimum Gasteiger partial charge on any atom is -0.384 e. The summed E-state index contributed by atoms with van der Waals surface area (Å²) in [4.78, 5) is 78.4. The number of piperidine rings is 1. The van der Waals surface area contributed by atoms with Gasteiger partial charge in [-0.25, -0.2) is 13.9 Å². The van der Waals surface area contributed by atoms with Crippen LogP contribution in [0.15, 0.2) is 77.8 Å². The van der Waals surface area contributed by atoms with E-state index in [1.54, 1.807) is 24.4 Å². The lowest BCUT2D eigenvalue weighted by Crippen LogP contribution is -2.54. The van der Waals surface area contributed by atoms with Gasteiger partial charge in [-0.3, -0.25) is 39.1 Å². The molecule has 2 fully saturated rings. The molecule has 3 aliphatic heterocycles. The highest BCUT2D eigenvalue weighted by Crippen LogP contribution is 2.32. The van der Waals surface area contributed by atoms with Gasteiger partial charge in [-0.15, -0.1) is 0 Å². The summed E-state index contributed by atoms with van der Waals surface area (Å²) >= 11 is 0. The lowest BCUT2D eigenvalue weighted by Gasteiger charge is -2.35. The zero-order chi connectivity index (χ0) is 43.3. The standard InChI is InChI=1S/C43H51N11O6S/c1-27-25-46-42(50-38(27)47-29-8-5-9-31(24-29)61(60)51-43(2,3)4)48-28-12-14-30(15-13-28)53-22-20-52(21-23-53)26-36(56)45-19-7-18-44-33-11-6-10-32-37(33)41(59)54(40(32)58)34-16-17-35(55)49-39(34)57/h5-6,8-15,24-25,34,44,51H,7,16-23,26H2,1-4H3,(H,45,56)(H,49,55,57)(H2,46,47,48,50). The van der Waals surface area contributed by atoms with E-state index in [9.17, 15) is 28.2 Å². The van der Waals surface area contributed by atoms with Gasteiger partial charge in [0.2, 0.25) is 23.7 Å². The molecule has 6 N–H and O–H groups in total. The van der Waals surface area contributed by atoms with Crippen LogP contribution in [-0.2, 0) is 25.4 Å². The van der Waals surface area contributed by atoms with E-state index >= 15 is 0 Å². The topological polar surface area (TPSA) is 210 Å². The van der Waals surface area contributed by atoms with Crippen molar-refractivity contribution in [1.29, 1.82) is 0 Å². The number of carbonyl (C=O) groups excluding carboxylic acids is 5. The summed E-state index contributed by atoms with van der Waals surface area (Å²) in [5.41, 5.74) is 4.14. The minimum absolute atomic E-state index is 0.0546. The van der Waals surface area contributed by atoms with Gasteiger partial charge in [-0.2, -0.15) is 4.98 Å². The van der Waals surface area contributed by atoms with Crippen LogP contribution in [0.3, 0.4) is 0 Å². The number of anilines is 6. The Morgan fingerprint density at radius 1 is 0.902 bits per heavy atom. The summed E-state index contributed by atoms with van der Waals surface area (Å²) in [5.74, 6) is -1.19. The fourth-order valence-electron chi connectivity index (χ4n) is 7.30. The van der Waals surface area contributed by atoms with E-state index in [1.807, 2.05) is 64.1 Å². The highest BCUT2D eigenvalue weighted by Gasteiger charge is 2.45. The Morgan fingerprint density at radius 3 is 2.39 bits per heavy atom. The number of hydrogen-bond donors (Lipinski definition) is 6. The Balaban J connectivity index is 0.825. The highest BCUT2D eigenvalue weighted by atomic mass is 32.2. The first kappa shape index (κ1) is 42.9. The minimum atomic E-state index is -1.36. The van der Waals surface area contributed by atoms with Crippen LogP contribution in [0.5, 0.6) is 0 Å². The molecular formula is C43H51N11O6S. The van der Waals surface area contributed by atoms with E-state index in [0.29, 0.717) is 41.9 Å². The predicted octanol–water partition coefficient (Wildman–Crippen LogP) is 3.82. The Morgan fingerprint density at radius 2 is 1.66 bits per heavy atom. The van der Waals surface area contributed by atoms with Crippen LogP contribution in [-0.4, -0.2) is 111 Å². The summed E-state index contributed by atoms with van der Waals surface area (Å²) in [6, 6.07) is 19.4. The third-order valence-electron chi connectivity index (χ3n) is 10.4. The maximum absolute atomic E-state index is 13.3. The first-order valence-electron chi connectivity index (χ1n) is 20.3. The smallest absolute Gasteiger partial charge is 0.264 e. The molecule has 61 heavy (non-hydrogen) atoms. The number of piperazine rings is 1. The first-order valence-corrected chi connectivity index (χ1v) is 21.5. The van der Waals surface area contributed by atoms with Crippen LogP contribution >= 0.6 is 0 Å². The molecule has 1 aromatic heterocycles. The fourth-order valence-corrected chi connectivity index (χ4v) is 8.41. The molecule has 5 amide bonds. The normalized spacial score (nSPS) is 17.5. The predicted molar refractivity (Wildman–Crippen MR) is 233 cm³/mol. The monoisotopic (exact) mass is 849 g/mol. The van der Waals surface area contributed by atoms with Crippen LogP contribution in [0.25, 0.3) is 0 Å². The quantitative estimate of drug-likeness (QED) is 0.0744. The van der Waals surface area contributed by atoms with Crippen LogP contribution in [0.4, 0.5) is 34.5 Å². The van der Waals surface area contributed by atoms with Crippen molar-refractivity contribution in [1.82, 2.24) is 35.1 Å². The number of nitrogens with zero attached hydrogens (tertiary/aromatic N) is 5. The Hall–Kier alpha value is -6.24. The average molecular weight is 850 g/mol. The number of amides is 5. The number of benzene rings is 3. The molecule has 3 aromatic carbocycles. The largest absolute Gasteiger partial charge is 0.384 e. The van der Waals surface area contributed by atoms with Gasteiger partial charge in [-0.05, 0) is 95.1 Å². The Kier molecular flexibility index (Phi) is 13.1. The molecule has 320 valence electrons. The van der Waals surface area contributed by atoms with Gasteiger partial charge in [0.1, 0.15) is 22.8 Å². The molecule has 17 nitrogen and oxygen atoms in total. The van der Waals surface area contributed by atoms with Crippen LogP contribution in [0, 0.1) is 6.92 Å². The van der Waals surface area contributed by atoms with Crippen LogP contribution in [0.2, 0.25) is 0 Å². The molecule has 3 aliphatic rings. The SMILES string of the molecule is Cc1cnc(Nc2ccc(N3CCN(CC(=O)NCCCNc4cccc5c4C(=O)N(C4CCC(=O)NC4=O)C5=O)CC3)cc2)nc1Nc1cccc(S(=O)NC(C)(C)C)c1. The van der Waals surface area contributed by atoms with Crippen LogP contribution < -0.4 is 36.2 Å². The number of rotatable bonds is 15. The number of hydrogen-bond acceptors (Lipinski definition) is 13. The highest BCUT2D eigenvalue weighted by molar-refractivity contribution is 7.83. The van der Waals surface area contributed by atoms with Crippen molar-refractivity contribution in [3.05, 3.63) is 89.6 Å². The molecule has 0 radical (unpaired) electrons. The van der Waals surface area contributed by atoms with E-state index in [2.05, 4.69) is 58.2 Å². The lowest BCUT2D eigenvalue weighted by atomic mass is 10.0. The van der Waals surface area contributed by atoms with Crippen molar-refractivity contribution < 1.29 is 28.2 Å².